The molecule has 2 unspecified atom stereocenters. The van der Waals surface area contributed by atoms with Crippen molar-refractivity contribution in [2.75, 3.05) is 6.61 Å². The molecular formula is C13H16Cl2O2. The smallest absolute Gasteiger partial charge is 0.121 e. The van der Waals surface area contributed by atoms with Crippen molar-refractivity contribution in [2.45, 2.75) is 31.2 Å². The Balaban J connectivity index is 1.92. The monoisotopic (exact) mass is 274 g/mol. The number of ether oxygens (including phenoxy) is 1. The molecule has 0 aliphatic heterocycles. The second-order valence-corrected chi connectivity index (χ2v) is 5.59. The summed E-state index contributed by atoms with van der Waals surface area (Å²) in [4.78, 5) is 0. The topological polar surface area (TPSA) is 29.5 Å². The van der Waals surface area contributed by atoms with Crippen molar-refractivity contribution in [3.05, 3.63) is 28.8 Å². The molecule has 1 N–H and O–H groups in total. The van der Waals surface area contributed by atoms with Crippen LogP contribution < -0.4 is 4.74 Å². The third-order valence-electron chi connectivity index (χ3n) is 3.08. The van der Waals surface area contributed by atoms with Crippen molar-refractivity contribution in [1.82, 2.24) is 0 Å². The van der Waals surface area contributed by atoms with Gasteiger partial charge in [-0.1, -0.05) is 11.6 Å². The SMILES string of the molecule is OCc1cc(Cl)cc(OCC2CCC(Cl)C2)c1. The highest BCUT2D eigenvalue weighted by Gasteiger charge is 2.23. The molecule has 0 radical (unpaired) electrons. The third-order valence-corrected chi connectivity index (χ3v) is 3.69. The number of rotatable bonds is 4. The number of halogens is 2. The number of aliphatic hydroxyl groups is 1. The summed E-state index contributed by atoms with van der Waals surface area (Å²) >= 11 is 12.0. The molecule has 1 aliphatic carbocycles. The summed E-state index contributed by atoms with van der Waals surface area (Å²) in [6, 6.07) is 5.33. The van der Waals surface area contributed by atoms with Crippen molar-refractivity contribution >= 4 is 23.2 Å². The van der Waals surface area contributed by atoms with Crippen LogP contribution in [0.25, 0.3) is 0 Å². The second kappa shape index (κ2) is 5.94. The van der Waals surface area contributed by atoms with Crippen molar-refractivity contribution < 1.29 is 9.84 Å². The van der Waals surface area contributed by atoms with Crippen LogP contribution in [0.2, 0.25) is 5.02 Å². The number of benzene rings is 1. The van der Waals surface area contributed by atoms with E-state index in [0.29, 0.717) is 22.9 Å². The van der Waals surface area contributed by atoms with E-state index in [1.165, 1.54) is 0 Å². The Kier molecular flexibility index (Phi) is 4.55. The van der Waals surface area contributed by atoms with E-state index >= 15 is 0 Å². The highest BCUT2D eigenvalue weighted by Crippen LogP contribution is 2.30. The molecule has 2 atom stereocenters. The lowest BCUT2D eigenvalue weighted by Gasteiger charge is -2.12. The summed E-state index contributed by atoms with van der Waals surface area (Å²) in [5.74, 6) is 1.26. The highest BCUT2D eigenvalue weighted by atomic mass is 35.5. The van der Waals surface area contributed by atoms with Gasteiger partial charge in [0.2, 0.25) is 0 Å². The van der Waals surface area contributed by atoms with Gasteiger partial charge in [0.25, 0.3) is 0 Å². The zero-order valence-electron chi connectivity index (χ0n) is 9.53. The van der Waals surface area contributed by atoms with Gasteiger partial charge in [-0.25, -0.2) is 0 Å². The lowest BCUT2D eigenvalue weighted by molar-refractivity contribution is 0.250. The van der Waals surface area contributed by atoms with Crippen molar-refractivity contribution in [3.8, 4) is 5.75 Å². The first-order valence-corrected chi connectivity index (χ1v) is 6.66. The van der Waals surface area contributed by atoms with Gasteiger partial charge in [0.15, 0.2) is 0 Å². The van der Waals surface area contributed by atoms with E-state index in [-0.39, 0.29) is 6.61 Å². The minimum Gasteiger partial charge on any atom is -0.493 e. The van der Waals surface area contributed by atoms with E-state index in [4.69, 9.17) is 33.0 Å². The Labute approximate surface area is 111 Å². The summed E-state index contributed by atoms with van der Waals surface area (Å²) in [5.41, 5.74) is 0.772. The van der Waals surface area contributed by atoms with Crippen LogP contribution in [0.5, 0.6) is 5.75 Å². The van der Waals surface area contributed by atoms with Crippen LogP contribution in [0.3, 0.4) is 0 Å². The predicted molar refractivity (Wildman–Crippen MR) is 69.9 cm³/mol. The van der Waals surface area contributed by atoms with Crippen LogP contribution in [-0.4, -0.2) is 17.1 Å². The molecule has 4 heteroatoms. The van der Waals surface area contributed by atoms with E-state index in [1.807, 2.05) is 6.07 Å². The maximum absolute atomic E-state index is 9.07. The summed E-state index contributed by atoms with van der Waals surface area (Å²) < 4.78 is 5.71. The lowest BCUT2D eigenvalue weighted by atomic mass is 10.1. The van der Waals surface area contributed by atoms with Crippen molar-refractivity contribution in [1.29, 1.82) is 0 Å². The van der Waals surface area contributed by atoms with Gasteiger partial charge >= 0.3 is 0 Å². The van der Waals surface area contributed by atoms with E-state index in [2.05, 4.69) is 0 Å². The molecule has 0 spiro atoms. The Morgan fingerprint density at radius 1 is 1.29 bits per heavy atom. The van der Waals surface area contributed by atoms with Crippen LogP contribution in [0.4, 0.5) is 0 Å². The van der Waals surface area contributed by atoms with Gasteiger partial charge in [0.1, 0.15) is 5.75 Å². The molecule has 1 fully saturated rings. The molecule has 0 heterocycles. The molecular weight excluding hydrogens is 259 g/mol. The quantitative estimate of drug-likeness (QED) is 0.850. The Bertz CT molecular complexity index is 382. The van der Waals surface area contributed by atoms with Crippen molar-refractivity contribution in [2.24, 2.45) is 5.92 Å². The fourth-order valence-corrected chi connectivity index (χ4v) is 2.80. The number of alkyl halides is 1. The molecule has 0 saturated heterocycles. The molecule has 1 aromatic rings. The van der Waals surface area contributed by atoms with E-state index in [0.717, 1.165) is 30.6 Å². The van der Waals surface area contributed by atoms with Gasteiger partial charge < -0.3 is 9.84 Å². The zero-order chi connectivity index (χ0) is 12.3. The van der Waals surface area contributed by atoms with Gasteiger partial charge in [-0.15, -0.1) is 11.6 Å². The number of aliphatic hydroxyl groups excluding tert-OH is 1. The standard InChI is InChI=1S/C13H16Cl2O2/c14-11-2-1-9(3-11)8-17-13-5-10(7-16)4-12(15)6-13/h4-6,9,11,16H,1-3,7-8H2. The Morgan fingerprint density at radius 3 is 2.76 bits per heavy atom. The fraction of sp³-hybridized carbons (Fsp3) is 0.538. The third kappa shape index (κ3) is 3.77. The van der Waals surface area contributed by atoms with E-state index < -0.39 is 0 Å². The van der Waals surface area contributed by atoms with Gasteiger partial charge in [-0.2, -0.15) is 0 Å². The zero-order valence-corrected chi connectivity index (χ0v) is 11.0. The summed E-state index contributed by atoms with van der Waals surface area (Å²) in [7, 11) is 0. The molecule has 0 aromatic heterocycles. The van der Waals surface area contributed by atoms with Gasteiger partial charge in [0, 0.05) is 10.4 Å². The minimum absolute atomic E-state index is 0.0237. The molecule has 1 aromatic carbocycles. The van der Waals surface area contributed by atoms with Crippen LogP contribution >= 0.6 is 23.2 Å². The Morgan fingerprint density at radius 2 is 2.12 bits per heavy atom. The first kappa shape index (κ1) is 13.0. The molecule has 1 aliphatic rings. The van der Waals surface area contributed by atoms with Crippen molar-refractivity contribution in [3.63, 3.8) is 0 Å². The van der Waals surface area contributed by atoms with Crippen LogP contribution in [0.15, 0.2) is 18.2 Å². The predicted octanol–water partition coefficient (Wildman–Crippen LogP) is 3.62. The number of hydrogen-bond acceptors (Lipinski definition) is 2. The lowest BCUT2D eigenvalue weighted by Crippen LogP contribution is -2.09. The number of hydrogen-bond donors (Lipinski definition) is 1. The molecule has 1 saturated carbocycles. The van der Waals surface area contributed by atoms with Gasteiger partial charge in [0.05, 0.1) is 13.2 Å². The summed E-state index contributed by atoms with van der Waals surface area (Å²) in [6.07, 6.45) is 3.23. The van der Waals surface area contributed by atoms with Gasteiger partial charge in [-0.3, -0.25) is 0 Å². The first-order chi connectivity index (χ1) is 8.17. The summed E-state index contributed by atoms with van der Waals surface area (Å²) in [6.45, 7) is 0.651. The Hall–Kier alpha value is -0.440. The maximum atomic E-state index is 9.07. The first-order valence-electron chi connectivity index (χ1n) is 5.84. The van der Waals surface area contributed by atoms with Crippen LogP contribution in [0.1, 0.15) is 24.8 Å². The molecule has 0 amide bonds. The summed E-state index contributed by atoms with van der Waals surface area (Å²) in [5, 5.41) is 9.96. The second-order valence-electron chi connectivity index (χ2n) is 4.54. The molecule has 2 nitrogen and oxygen atoms in total. The molecule has 0 bridgehead atoms. The van der Waals surface area contributed by atoms with E-state index in [9.17, 15) is 0 Å². The van der Waals surface area contributed by atoms with Crippen LogP contribution in [0, 0.1) is 5.92 Å². The highest BCUT2D eigenvalue weighted by molar-refractivity contribution is 6.30. The molecule has 17 heavy (non-hydrogen) atoms. The largest absolute Gasteiger partial charge is 0.493 e. The van der Waals surface area contributed by atoms with Crippen LogP contribution in [-0.2, 0) is 6.61 Å². The maximum Gasteiger partial charge on any atom is 0.121 e. The molecule has 2 rings (SSSR count). The average molecular weight is 275 g/mol. The average Bonchev–Trinajstić information content (AvgIpc) is 2.72. The normalized spacial score (nSPS) is 23.9. The minimum atomic E-state index is -0.0237. The molecule has 94 valence electrons. The fourth-order valence-electron chi connectivity index (χ4n) is 2.17. The van der Waals surface area contributed by atoms with Gasteiger partial charge in [-0.05, 0) is 48.9 Å². The van der Waals surface area contributed by atoms with E-state index in [1.54, 1.807) is 12.1 Å².